The van der Waals surface area contributed by atoms with Crippen molar-refractivity contribution in [3.63, 3.8) is 0 Å². The van der Waals surface area contributed by atoms with E-state index in [0.29, 0.717) is 0 Å². The van der Waals surface area contributed by atoms with Crippen LogP contribution in [0.5, 0.6) is 34.5 Å². The highest BCUT2D eigenvalue weighted by Crippen LogP contribution is 2.41. The lowest BCUT2D eigenvalue weighted by Gasteiger charge is -2.14. The minimum Gasteiger partial charge on any atom is -0.869 e. The number of hydrogen-bond acceptors (Lipinski definition) is 8. The zero-order chi connectivity index (χ0) is 16.9. The van der Waals surface area contributed by atoms with Crippen LogP contribution in [0.25, 0.3) is 22.3 Å². The topological polar surface area (TPSA) is 154 Å². The first-order valence-corrected chi connectivity index (χ1v) is 6.25. The molecule has 0 aliphatic heterocycles. The standard InChI is InChI=1S/C15H10O8/c16-6-2-1-5(3-7(6)17)15-14(22)13(21)10-9(23-15)4-8(18)11(19)12(10)20/h1-4,16-20,22H/p-1. The molecule has 0 aliphatic rings. The van der Waals surface area contributed by atoms with Crippen LogP contribution in [0.2, 0.25) is 0 Å². The second-order valence-electron chi connectivity index (χ2n) is 4.76. The molecule has 0 unspecified atom stereocenters. The Morgan fingerprint density at radius 2 is 1.57 bits per heavy atom. The molecular formula is C15H9O8-. The van der Waals surface area contributed by atoms with E-state index in [4.69, 9.17) is 4.42 Å². The van der Waals surface area contributed by atoms with E-state index in [-0.39, 0.29) is 16.9 Å². The van der Waals surface area contributed by atoms with Crippen molar-refractivity contribution < 1.29 is 35.1 Å². The van der Waals surface area contributed by atoms with Gasteiger partial charge in [0.05, 0.1) is 5.39 Å². The van der Waals surface area contributed by atoms with Crippen molar-refractivity contribution in [1.29, 1.82) is 0 Å². The van der Waals surface area contributed by atoms with Crippen LogP contribution in [0, 0.1) is 0 Å². The number of phenols is 4. The van der Waals surface area contributed by atoms with Crippen molar-refractivity contribution >= 4 is 11.0 Å². The number of benzene rings is 2. The lowest BCUT2D eigenvalue weighted by atomic mass is 10.1. The minimum absolute atomic E-state index is 0.0526. The van der Waals surface area contributed by atoms with Gasteiger partial charge < -0.3 is 35.1 Å². The Morgan fingerprint density at radius 1 is 0.870 bits per heavy atom. The van der Waals surface area contributed by atoms with Crippen molar-refractivity contribution in [2.24, 2.45) is 0 Å². The fourth-order valence-corrected chi connectivity index (χ4v) is 2.15. The molecule has 0 aliphatic carbocycles. The maximum Gasteiger partial charge on any atom is 0.234 e. The number of fused-ring (bicyclic) bond motifs is 1. The monoisotopic (exact) mass is 317 g/mol. The molecule has 0 spiro atoms. The van der Waals surface area contributed by atoms with Crippen LogP contribution < -0.4 is 10.5 Å². The first-order chi connectivity index (χ1) is 10.8. The largest absolute Gasteiger partial charge is 0.869 e. The maximum absolute atomic E-state index is 12.1. The SMILES string of the molecule is O=c1c(O)c(-c2ccc(O)c(O)c2)oc2cc(O)c(O)c([O-])c12. The molecule has 0 atom stereocenters. The molecule has 0 amide bonds. The van der Waals surface area contributed by atoms with Gasteiger partial charge in [0, 0.05) is 11.6 Å². The average Bonchev–Trinajstić information content (AvgIpc) is 2.51. The van der Waals surface area contributed by atoms with E-state index in [0.717, 1.165) is 18.2 Å². The molecule has 0 radical (unpaired) electrons. The van der Waals surface area contributed by atoms with Gasteiger partial charge in [-0.3, -0.25) is 4.79 Å². The molecule has 23 heavy (non-hydrogen) atoms. The Hall–Kier alpha value is -3.55. The van der Waals surface area contributed by atoms with E-state index >= 15 is 0 Å². The summed E-state index contributed by atoms with van der Waals surface area (Å²) in [6.45, 7) is 0. The minimum atomic E-state index is -1.18. The van der Waals surface area contributed by atoms with Gasteiger partial charge in [-0.2, -0.15) is 0 Å². The van der Waals surface area contributed by atoms with Crippen molar-refractivity contribution in [2.45, 2.75) is 0 Å². The van der Waals surface area contributed by atoms with Crippen molar-refractivity contribution in [2.75, 3.05) is 0 Å². The predicted octanol–water partition coefficient (Wildman–Crippen LogP) is 1.06. The van der Waals surface area contributed by atoms with Crippen LogP contribution >= 0.6 is 0 Å². The second-order valence-corrected chi connectivity index (χ2v) is 4.76. The zero-order valence-electron chi connectivity index (χ0n) is 11.3. The molecule has 118 valence electrons. The van der Waals surface area contributed by atoms with Crippen LogP contribution in [-0.4, -0.2) is 25.5 Å². The molecule has 0 saturated carbocycles. The summed E-state index contributed by atoms with van der Waals surface area (Å²) in [6, 6.07) is 4.27. The van der Waals surface area contributed by atoms with Crippen LogP contribution in [0.4, 0.5) is 0 Å². The average molecular weight is 317 g/mol. The Kier molecular flexibility index (Phi) is 2.96. The smallest absolute Gasteiger partial charge is 0.234 e. The highest BCUT2D eigenvalue weighted by Gasteiger charge is 2.19. The summed E-state index contributed by atoms with van der Waals surface area (Å²) < 4.78 is 5.26. The van der Waals surface area contributed by atoms with Crippen LogP contribution in [0.3, 0.4) is 0 Å². The lowest BCUT2D eigenvalue weighted by molar-refractivity contribution is -0.267. The molecule has 0 saturated heterocycles. The highest BCUT2D eigenvalue weighted by atomic mass is 16.4. The van der Waals surface area contributed by atoms with Crippen molar-refractivity contribution in [1.82, 2.24) is 0 Å². The molecular weight excluding hydrogens is 308 g/mol. The molecule has 8 nitrogen and oxygen atoms in total. The quantitative estimate of drug-likeness (QED) is 0.417. The Bertz CT molecular complexity index is 1000. The molecule has 2 aromatic carbocycles. The summed E-state index contributed by atoms with van der Waals surface area (Å²) in [5, 5.41) is 58.8. The van der Waals surface area contributed by atoms with Gasteiger partial charge in [-0.15, -0.1) is 0 Å². The van der Waals surface area contributed by atoms with E-state index in [1.165, 1.54) is 6.07 Å². The van der Waals surface area contributed by atoms with Gasteiger partial charge >= 0.3 is 0 Å². The third-order valence-corrected chi connectivity index (χ3v) is 3.31. The second kappa shape index (κ2) is 4.73. The van der Waals surface area contributed by atoms with E-state index in [1.54, 1.807) is 0 Å². The van der Waals surface area contributed by atoms with E-state index in [2.05, 4.69) is 0 Å². The van der Waals surface area contributed by atoms with Gasteiger partial charge in [0.25, 0.3) is 0 Å². The summed E-state index contributed by atoms with van der Waals surface area (Å²) in [7, 11) is 0. The Balaban J connectivity index is 2.40. The van der Waals surface area contributed by atoms with Crippen LogP contribution in [-0.2, 0) is 0 Å². The maximum atomic E-state index is 12.1. The lowest BCUT2D eigenvalue weighted by Crippen LogP contribution is -2.06. The Labute approximate surface area is 127 Å². The van der Waals surface area contributed by atoms with Gasteiger partial charge in [0.15, 0.2) is 23.0 Å². The highest BCUT2D eigenvalue weighted by molar-refractivity contribution is 5.90. The van der Waals surface area contributed by atoms with Crippen LogP contribution in [0.1, 0.15) is 0 Å². The number of rotatable bonds is 1. The molecule has 3 aromatic rings. The van der Waals surface area contributed by atoms with Gasteiger partial charge in [-0.25, -0.2) is 0 Å². The number of aromatic hydroxyl groups is 5. The summed E-state index contributed by atoms with van der Waals surface area (Å²) in [5.41, 5.74) is -1.40. The molecule has 8 heteroatoms. The molecule has 3 rings (SSSR count). The summed E-state index contributed by atoms with van der Waals surface area (Å²) in [6.07, 6.45) is 0. The Morgan fingerprint density at radius 3 is 2.22 bits per heavy atom. The van der Waals surface area contributed by atoms with E-state index in [1.807, 2.05) is 0 Å². The third kappa shape index (κ3) is 2.04. The van der Waals surface area contributed by atoms with Crippen LogP contribution in [0.15, 0.2) is 33.5 Å². The summed E-state index contributed by atoms with van der Waals surface area (Å²) in [4.78, 5) is 12.1. The molecule has 1 heterocycles. The predicted molar refractivity (Wildman–Crippen MR) is 75.7 cm³/mol. The first-order valence-electron chi connectivity index (χ1n) is 6.25. The zero-order valence-corrected chi connectivity index (χ0v) is 11.3. The van der Waals surface area contributed by atoms with Crippen molar-refractivity contribution in [3.8, 4) is 45.8 Å². The molecule has 0 bridgehead atoms. The van der Waals surface area contributed by atoms with E-state index in [9.17, 15) is 35.4 Å². The van der Waals surface area contributed by atoms with E-state index < -0.39 is 45.3 Å². The van der Waals surface area contributed by atoms with Gasteiger partial charge in [-0.1, -0.05) is 0 Å². The molecule has 0 fully saturated rings. The first kappa shape index (κ1) is 14.4. The summed E-state index contributed by atoms with van der Waals surface area (Å²) in [5.74, 6) is -5.20. The van der Waals surface area contributed by atoms with Gasteiger partial charge in [0.1, 0.15) is 11.3 Å². The number of phenolic OH excluding ortho intramolecular Hbond substituents is 4. The fraction of sp³-hybridized carbons (Fsp3) is 0. The van der Waals surface area contributed by atoms with Gasteiger partial charge in [-0.05, 0) is 23.9 Å². The third-order valence-electron chi connectivity index (χ3n) is 3.31. The normalized spacial score (nSPS) is 11.0. The molecule has 1 aromatic heterocycles. The summed E-state index contributed by atoms with van der Waals surface area (Å²) >= 11 is 0. The molecule has 5 N–H and O–H groups in total. The fourth-order valence-electron chi connectivity index (χ4n) is 2.15. The van der Waals surface area contributed by atoms with Gasteiger partial charge in [0.2, 0.25) is 11.2 Å². The number of hydrogen-bond donors (Lipinski definition) is 5. The van der Waals surface area contributed by atoms with Crippen molar-refractivity contribution in [3.05, 3.63) is 34.5 Å².